The summed E-state index contributed by atoms with van der Waals surface area (Å²) in [7, 11) is 0. The minimum atomic E-state index is -4.63. The van der Waals surface area contributed by atoms with E-state index in [0.717, 1.165) is 30.3 Å². The van der Waals surface area contributed by atoms with Crippen molar-refractivity contribution in [3.63, 3.8) is 0 Å². The summed E-state index contributed by atoms with van der Waals surface area (Å²) in [5.41, 5.74) is -2.24. The molecule has 0 atom stereocenters. The maximum absolute atomic E-state index is 12.7. The van der Waals surface area contributed by atoms with Gasteiger partial charge in [-0.2, -0.15) is 13.2 Å². The Balaban J connectivity index is 1.92. The molecule has 0 saturated heterocycles. The number of hydrogen-bond donors (Lipinski definition) is 1. The number of rotatable bonds is 2. The van der Waals surface area contributed by atoms with Gasteiger partial charge in [0.2, 0.25) is 0 Å². The maximum Gasteiger partial charge on any atom is 0.416 e. The number of hydrogen-bond acceptors (Lipinski definition) is 5. The molecular formula is C16H8F3N3O5. The number of nitrogens with zero attached hydrogens (tertiary/aromatic N) is 2. The van der Waals surface area contributed by atoms with E-state index in [1.807, 2.05) is 0 Å². The van der Waals surface area contributed by atoms with E-state index in [4.69, 9.17) is 0 Å². The number of halogens is 3. The van der Waals surface area contributed by atoms with Crippen molar-refractivity contribution in [1.82, 2.24) is 0 Å². The van der Waals surface area contributed by atoms with E-state index < -0.39 is 40.1 Å². The SMILES string of the molecule is O=C1C(=O)N(C(=O)Nc2cccc(C(F)(F)F)c2)c2ccc([N+](=O)[O-])cc21. The van der Waals surface area contributed by atoms with Crippen molar-refractivity contribution in [2.75, 3.05) is 10.2 Å². The number of ketones is 1. The van der Waals surface area contributed by atoms with Gasteiger partial charge in [-0.3, -0.25) is 19.7 Å². The van der Waals surface area contributed by atoms with Crippen LogP contribution in [0.5, 0.6) is 0 Å². The van der Waals surface area contributed by atoms with Gasteiger partial charge in [-0.15, -0.1) is 0 Å². The number of Topliss-reactive ketones (excluding diaryl/α,β-unsaturated/α-hetero) is 1. The molecule has 8 nitrogen and oxygen atoms in total. The van der Waals surface area contributed by atoms with Crippen LogP contribution in [0.25, 0.3) is 0 Å². The lowest BCUT2D eigenvalue weighted by molar-refractivity contribution is -0.384. The first-order valence-corrected chi connectivity index (χ1v) is 7.25. The molecule has 2 aromatic rings. The van der Waals surface area contributed by atoms with Gasteiger partial charge in [-0.25, -0.2) is 9.69 Å². The Bertz CT molecular complexity index is 1000. The molecule has 2 aromatic carbocycles. The number of amides is 3. The molecule has 0 saturated carbocycles. The molecule has 1 aliphatic rings. The lowest BCUT2D eigenvalue weighted by Gasteiger charge is -2.16. The zero-order valence-electron chi connectivity index (χ0n) is 13.1. The van der Waals surface area contributed by atoms with Crippen LogP contribution >= 0.6 is 0 Å². The minimum Gasteiger partial charge on any atom is -0.307 e. The number of carbonyl (C=O) groups is 3. The second-order valence-electron chi connectivity index (χ2n) is 5.44. The van der Waals surface area contributed by atoms with Crippen LogP contribution in [0.2, 0.25) is 0 Å². The van der Waals surface area contributed by atoms with Crippen molar-refractivity contribution in [1.29, 1.82) is 0 Å². The zero-order chi connectivity index (χ0) is 19.9. The predicted octanol–water partition coefficient (Wildman–Crippen LogP) is 3.38. The Morgan fingerprint density at radius 1 is 1.11 bits per heavy atom. The van der Waals surface area contributed by atoms with Crippen molar-refractivity contribution in [3.8, 4) is 0 Å². The van der Waals surface area contributed by atoms with Crippen LogP contribution in [0.4, 0.5) is 35.0 Å². The van der Waals surface area contributed by atoms with E-state index in [0.29, 0.717) is 11.0 Å². The minimum absolute atomic E-state index is 0.194. The molecule has 0 unspecified atom stereocenters. The van der Waals surface area contributed by atoms with E-state index in [1.165, 1.54) is 6.07 Å². The summed E-state index contributed by atoms with van der Waals surface area (Å²) in [6, 6.07) is 5.43. The van der Waals surface area contributed by atoms with Gasteiger partial charge in [0.25, 0.3) is 11.5 Å². The van der Waals surface area contributed by atoms with Gasteiger partial charge < -0.3 is 5.32 Å². The van der Waals surface area contributed by atoms with Gasteiger partial charge >= 0.3 is 18.1 Å². The van der Waals surface area contributed by atoms with Gasteiger partial charge in [-0.05, 0) is 24.3 Å². The number of benzene rings is 2. The fourth-order valence-electron chi connectivity index (χ4n) is 2.49. The molecular weight excluding hydrogens is 371 g/mol. The fourth-order valence-corrected chi connectivity index (χ4v) is 2.49. The predicted molar refractivity (Wildman–Crippen MR) is 85.4 cm³/mol. The van der Waals surface area contributed by atoms with Gasteiger partial charge in [0.05, 0.1) is 21.7 Å². The Labute approximate surface area is 148 Å². The van der Waals surface area contributed by atoms with Crippen LogP contribution in [0, 0.1) is 10.1 Å². The van der Waals surface area contributed by atoms with E-state index in [-0.39, 0.29) is 16.9 Å². The normalized spacial score (nSPS) is 13.5. The molecule has 0 aliphatic carbocycles. The van der Waals surface area contributed by atoms with E-state index in [9.17, 15) is 37.7 Å². The highest BCUT2D eigenvalue weighted by molar-refractivity contribution is 6.56. The summed E-state index contributed by atoms with van der Waals surface area (Å²) < 4.78 is 38.2. The van der Waals surface area contributed by atoms with Crippen molar-refractivity contribution in [2.45, 2.75) is 6.18 Å². The molecule has 27 heavy (non-hydrogen) atoms. The molecule has 0 bridgehead atoms. The van der Waals surface area contributed by atoms with Crippen LogP contribution in [0.3, 0.4) is 0 Å². The monoisotopic (exact) mass is 379 g/mol. The summed E-state index contributed by atoms with van der Waals surface area (Å²) in [6.45, 7) is 0. The number of anilines is 2. The molecule has 0 aromatic heterocycles. The van der Waals surface area contributed by atoms with Crippen molar-refractivity contribution in [3.05, 3.63) is 63.7 Å². The standard InChI is InChI=1S/C16H8F3N3O5/c17-16(18,19)8-2-1-3-9(6-8)20-15(25)21-12-5-4-10(22(26)27)7-11(12)13(23)14(21)24/h1-7H,(H,20,25). The summed E-state index contributed by atoms with van der Waals surface area (Å²) in [6.07, 6.45) is -4.63. The third-order valence-corrected chi connectivity index (χ3v) is 3.72. The highest BCUT2D eigenvalue weighted by atomic mass is 19.4. The van der Waals surface area contributed by atoms with Crippen LogP contribution in [0.1, 0.15) is 15.9 Å². The van der Waals surface area contributed by atoms with Crippen molar-refractivity contribution >= 4 is 34.8 Å². The highest BCUT2D eigenvalue weighted by Gasteiger charge is 2.41. The van der Waals surface area contributed by atoms with Crippen molar-refractivity contribution in [2.24, 2.45) is 0 Å². The van der Waals surface area contributed by atoms with Crippen LogP contribution in [0.15, 0.2) is 42.5 Å². The number of alkyl halides is 3. The Morgan fingerprint density at radius 3 is 2.44 bits per heavy atom. The van der Waals surface area contributed by atoms with Crippen LogP contribution in [-0.2, 0) is 11.0 Å². The lowest BCUT2D eigenvalue weighted by Crippen LogP contribution is -2.39. The Hall–Kier alpha value is -3.76. The zero-order valence-corrected chi connectivity index (χ0v) is 13.1. The lowest BCUT2D eigenvalue weighted by atomic mass is 10.1. The molecule has 11 heteroatoms. The quantitative estimate of drug-likeness (QED) is 0.489. The first kappa shape index (κ1) is 18.0. The average molecular weight is 379 g/mol. The molecule has 1 aliphatic heterocycles. The molecule has 138 valence electrons. The number of fused-ring (bicyclic) bond motifs is 1. The number of nitro benzene ring substituents is 1. The molecule has 0 radical (unpaired) electrons. The Kier molecular flexibility index (Phi) is 4.14. The van der Waals surface area contributed by atoms with Gasteiger partial charge in [0, 0.05) is 17.8 Å². The molecule has 3 rings (SSSR count). The number of non-ortho nitro benzene ring substituents is 1. The number of nitro groups is 1. The second kappa shape index (κ2) is 6.20. The fraction of sp³-hybridized carbons (Fsp3) is 0.0625. The van der Waals surface area contributed by atoms with E-state index in [1.54, 1.807) is 0 Å². The summed E-state index contributed by atoms with van der Waals surface area (Å²) in [4.78, 5) is 46.8. The van der Waals surface area contributed by atoms with Crippen molar-refractivity contribution < 1.29 is 32.5 Å². The van der Waals surface area contributed by atoms with Crippen LogP contribution in [-0.4, -0.2) is 22.6 Å². The molecule has 0 fully saturated rings. The molecule has 0 spiro atoms. The first-order chi connectivity index (χ1) is 12.6. The van der Waals surface area contributed by atoms with Gasteiger partial charge in [-0.1, -0.05) is 6.07 Å². The largest absolute Gasteiger partial charge is 0.416 e. The van der Waals surface area contributed by atoms with E-state index in [2.05, 4.69) is 5.32 Å². The third-order valence-electron chi connectivity index (χ3n) is 3.72. The maximum atomic E-state index is 12.7. The number of imide groups is 1. The highest BCUT2D eigenvalue weighted by Crippen LogP contribution is 2.33. The second-order valence-corrected chi connectivity index (χ2v) is 5.44. The molecule has 3 amide bonds. The number of carbonyl (C=O) groups excluding carboxylic acids is 3. The van der Waals surface area contributed by atoms with Gasteiger partial charge in [0.15, 0.2) is 0 Å². The summed E-state index contributed by atoms with van der Waals surface area (Å²) in [5.74, 6) is -2.40. The van der Waals surface area contributed by atoms with E-state index >= 15 is 0 Å². The smallest absolute Gasteiger partial charge is 0.307 e. The first-order valence-electron chi connectivity index (χ1n) is 7.25. The van der Waals surface area contributed by atoms with Crippen LogP contribution < -0.4 is 10.2 Å². The Morgan fingerprint density at radius 2 is 1.81 bits per heavy atom. The molecule has 1 N–H and O–H groups in total. The van der Waals surface area contributed by atoms with Gasteiger partial charge in [0.1, 0.15) is 0 Å². The summed E-state index contributed by atoms with van der Waals surface area (Å²) >= 11 is 0. The number of urea groups is 1. The summed E-state index contributed by atoms with van der Waals surface area (Å²) in [5, 5.41) is 12.9. The molecule has 1 heterocycles. The third kappa shape index (κ3) is 3.21. The number of nitrogens with one attached hydrogen (secondary N) is 1. The average Bonchev–Trinajstić information content (AvgIpc) is 2.85. The topological polar surface area (TPSA) is 110 Å².